The highest BCUT2D eigenvalue weighted by atomic mass is 35.5. The van der Waals surface area contributed by atoms with Crippen molar-refractivity contribution >= 4 is 11.5 Å². The van der Waals surface area contributed by atoms with E-state index in [0.717, 1.165) is 24.6 Å². The van der Waals surface area contributed by atoms with Crippen LogP contribution < -0.4 is 35.4 Å². The van der Waals surface area contributed by atoms with E-state index in [9.17, 15) is 0 Å². The van der Waals surface area contributed by atoms with E-state index in [4.69, 9.17) is 5.73 Å². The van der Waals surface area contributed by atoms with Crippen molar-refractivity contribution in [1.82, 2.24) is 9.78 Å². The summed E-state index contributed by atoms with van der Waals surface area (Å²) in [5.41, 5.74) is 6.64. The smallest absolute Gasteiger partial charge is 1.00 e. The molecule has 0 radical (unpaired) electrons. The second-order valence-corrected chi connectivity index (χ2v) is 3.63. The Kier molecular flexibility index (Phi) is 5.83. The Hall–Kier alpha value is -0.610. The molecular formula is C9H18Cl2N4. The van der Waals surface area contributed by atoms with Crippen molar-refractivity contribution in [2.24, 2.45) is 7.05 Å². The zero-order chi connectivity index (χ0) is 9.26. The summed E-state index contributed by atoms with van der Waals surface area (Å²) in [6, 6.07) is 0. The molecule has 0 aromatic carbocycles. The number of aryl methyl sites for hydroxylation is 1. The van der Waals surface area contributed by atoms with E-state index in [1.165, 1.54) is 19.3 Å². The van der Waals surface area contributed by atoms with E-state index in [2.05, 4.69) is 10.00 Å². The molecule has 0 bridgehead atoms. The maximum atomic E-state index is 5.85. The molecule has 0 spiro atoms. The van der Waals surface area contributed by atoms with Crippen LogP contribution in [0.4, 0.5) is 11.5 Å². The van der Waals surface area contributed by atoms with Crippen molar-refractivity contribution in [2.75, 3.05) is 23.7 Å². The topological polar surface area (TPSA) is 47.1 Å². The molecule has 1 aliphatic heterocycles. The number of nitrogens with two attached hydrogens (primary N) is 1. The van der Waals surface area contributed by atoms with Gasteiger partial charge >= 0.3 is 2.85 Å². The lowest BCUT2D eigenvalue weighted by Gasteiger charge is -2.26. The molecule has 2 rings (SSSR count). The predicted octanol–water partition coefficient (Wildman–Crippen LogP) is -4.77. The largest absolute Gasteiger partial charge is 1.00 e. The van der Waals surface area contributed by atoms with Gasteiger partial charge in [-0.3, -0.25) is 4.68 Å². The van der Waals surface area contributed by atoms with Crippen LogP contribution in [0.25, 0.3) is 0 Å². The van der Waals surface area contributed by atoms with Crippen LogP contribution in [0.2, 0.25) is 0 Å². The highest BCUT2D eigenvalue weighted by Gasteiger charge is 2.15. The van der Waals surface area contributed by atoms with Crippen LogP contribution in [-0.2, 0) is 7.05 Å². The van der Waals surface area contributed by atoms with Gasteiger partial charge in [0.15, 0.2) is 5.82 Å². The van der Waals surface area contributed by atoms with Gasteiger partial charge in [-0.15, -0.1) is 0 Å². The molecule has 0 atom stereocenters. The number of anilines is 2. The Morgan fingerprint density at radius 2 is 1.87 bits per heavy atom. The van der Waals surface area contributed by atoms with Gasteiger partial charge in [0.1, 0.15) is 0 Å². The summed E-state index contributed by atoms with van der Waals surface area (Å²) < 4.78 is 1.78. The van der Waals surface area contributed by atoms with Gasteiger partial charge in [-0.25, -0.2) is 0 Å². The van der Waals surface area contributed by atoms with E-state index in [1.807, 2.05) is 13.2 Å². The highest BCUT2D eigenvalue weighted by molar-refractivity contribution is 5.61. The molecule has 1 aromatic heterocycles. The van der Waals surface area contributed by atoms with E-state index < -0.39 is 0 Å². The molecule has 15 heavy (non-hydrogen) atoms. The van der Waals surface area contributed by atoms with Gasteiger partial charge in [0, 0.05) is 26.3 Å². The normalized spacial score (nSPS) is 15.4. The lowest BCUT2D eigenvalue weighted by Crippen LogP contribution is -3.00. The molecule has 0 amide bonds. The van der Waals surface area contributed by atoms with Gasteiger partial charge < -0.3 is 35.4 Å². The first-order valence-corrected chi connectivity index (χ1v) is 4.81. The maximum absolute atomic E-state index is 5.85. The van der Waals surface area contributed by atoms with Crippen LogP contribution in [0.5, 0.6) is 0 Å². The Morgan fingerprint density at radius 1 is 1.27 bits per heavy atom. The second kappa shape index (κ2) is 6.08. The number of nitrogens with zero attached hydrogens (tertiary/aromatic N) is 3. The standard InChI is InChI=1S/C9H16N4.2ClH/c1-12-7-8(10)9(11-12)13-5-3-2-4-6-13;;/h7H,2-6,10H2,1H3;2*1H. The predicted molar refractivity (Wildman–Crippen MR) is 55.9 cm³/mol. The number of halogens is 2. The van der Waals surface area contributed by atoms with Gasteiger partial charge in [-0.05, 0) is 19.3 Å². The van der Waals surface area contributed by atoms with Crippen molar-refractivity contribution in [1.29, 1.82) is 0 Å². The molecule has 4 nitrogen and oxygen atoms in total. The first kappa shape index (κ1) is 14.4. The number of hydrogen-bond acceptors (Lipinski definition) is 3. The first-order chi connectivity index (χ1) is 6.27. The fourth-order valence-electron chi connectivity index (χ4n) is 1.85. The summed E-state index contributed by atoms with van der Waals surface area (Å²) in [6.45, 7) is 2.20. The molecule has 0 saturated carbocycles. The lowest BCUT2D eigenvalue weighted by molar-refractivity contribution is -0.00100. The molecule has 1 saturated heterocycles. The average Bonchev–Trinajstić information content (AvgIpc) is 2.47. The molecule has 2 heterocycles. The molecule has 2 N–H and O–H groups in total. The average molecular weight is 253 g/mol. The van der Waals surface area contributed by atoms with Gasteiger partial charge in [-0.2, -0.15) is 5.10 Å². The molecule has 1 aromatic rings. The summed E-state index contributed by atoms with van der Waals surface area (Å²) in [5, 5.41) is 4.35. The van der Waals surface area contributed by atoms with E-state index in [0.29, 0.717) is 0 Å². The lowest BCUT2D eigenvalue weighted by atomic mass is 10.1. The molecule has 88 valence electrons. The maximum Gasteiger partial charge on any atom is 1.00 e. The highest BCUT2D eigenvalue weighted by Crippen LogP contribution is 2.23. The van der Waals surface area contributed by atoms with Crippen LogP contribution in [0.15, 0.2) is 6.20 Å². The van der Waals surface area contributed by atoms with Crippen LogP contribution in [0.3, 0.4) is 0 Å². The van der Waals surface area contributed by atoms with E-state index in [1.54, 1.807) is 4.68 Å². The van der Waals surface area contributed by atoms with Crippen LogP contribution in [0.1, 0.15) is 22.1 Å². The summed E-state index contributed by atoms with van der Waals surface area (Å²) >= 11 is 0. The SMILES string of the molecule is Cn1cc(N)c(N2CCCCC2)n1.[Cl-].[Cl-].[H+].[H+]. The third kappa shape index (κ3) is 3.18. The Labute approximate surface area is 106 Å². The molecule has 0 unspecified atom stereocenters. The Balaban J connectivity index is -0.000000490. The Morgan fingerprint density at radius 3 is 2.33 bits per heavy atom. The summed E-state index contributed by atoms with van der Waals surface area (Å²) in [7, 11) is 1.91. The van der Waals surface area contributed by atoms with Gasteiger partial charge in [0.25, 0.3) is 0 Å². The van der Waals surface area contributed by atoms with Crippen molar-refractivity contribution < 1.29 is 27.7 Å². The number of rotatable bonds is 1. The third-order valence-electron chi connectivity index (χ3n) is 2.49. The van der Waals surface area contributed by atoms with Crippen LogP contribution in [-0.4, -0.2) is 22.9 Å². The number of aromatic nitrogens is 2. The van der Waals surface area contributed by atoms with Gasteiger partial charge in [-0.1, -0.05) is 0 Å². The molecule has 1 fully saturated rings. The first-order valence-electron chi connectivity index (χ1n) is 4.81. The van der Waals surface area contributed by atoms with Crippen molar-refractivity contribution in [3.8, 4) is 0 Å². The molecule has 6 heteroatoms. The number of nitrogen functional groups attached to an aromatic ring is 1. The summed E-state index contributed by atoms with van der Waals surface area (Å²) in [6.07, 6.45) is 5.72. The number of hydrogen-bond donors (Lipinski definition) is 1. The fourth-order valence-corrected chi connectivity index (χ4v) is 1.85. The monoisotopic (exact) mass is 252 g/mol. The minimum absolute atomic E-state index is 0. The van der Waals surface area contributed by atoms with Gasteiger partial charge in [0.05, 0.1) is 5.69 Å². The molecule has 0 aliphatic carbocycles. The number of piperidine rings is 1. The van der Waals surface area contributed by atoms with Gasteiger partial charge in [0.2, 0.25) is 0 Å². The van der Waals surface area contributed by atoms with Crippen LogP contribution in [0, 0.1) is 0 Å². The molecular weight excluding hydrogens is 235 g/mol. The molecule has 1 aliphatic rings. The minimum Gasteiger partial charge on any atom is -1.00 e. The van der Waals surface area contributed by atoms with Crippen molar-refractivity contribution in [3.05, 3.63) is 6.20 Å². The second-order valence-electron chi connectivity index (χ2n) is 3.63. The third-order valence-corrected chi connectivity index (χ3v) is 2.49. The summed E-state index contributed by atoms with van der Waals surface area (Å²) in [5.74, 6) is 0.960. The quantitative estimate of drug-likeness (QED) is 0.546. The fraction of sp³-hybridized carbons (Fsp3) is 0.667. The Bertz CT molecular complexity index is 303. The zero-order valence-electron chi connectivity index (χ0n) is 10.8. The van der Waals surface area contributed by atoms with Crippen LogP contribution >= 0.6 is 0 Å². The van der Waals surface area contributed by atoms with Crippen molar-refractivity contribution in [3.63, 3.8) is 0 Å². The van der Waals surface area contributed by atoms with Crippen molar-refractivity contribution in [2.45, 2.75) is 19.3 Å². The zero-order valence-corrected chi connectivity index (χ0v) is 10.3. The van der Waals surface area contributed by atoms with E-state index in [-0.39, 0.29) is 27.7 Å². The van der Waals surface area contributed by atoms with E-state index >= 15 is 0 Å². The minimum atomic E-state index is 0. The summed E-state index contributed by atoms with van der Waals surface area (Å²) in [4.78, 5) is 2.28.